The van der Waals surface area contributed by atoms with Crippen molar-refractivity contribution >= 4 is 28.3 Å². The highest BCUT2D eigenvalue weighted by Crippen LogP contribution is 2.36. The summed E-state index contributed by atoms with van der Waals surface area (Å²) in [6.07, 6.45) is 0.951. The molecular weight excluding hydrogens is 336 g/mol. The highest BCUT2D eigenvalue weighted by atomic mass is 16.2. The molecule has 0 bridgehead atoms. The molecule has 0 aromatic heterocycles. The molecule has 4 heteroatoms. The van der Waals surface area contributed by atoms with Crippen LogP contribution in [0.15, 0.2) is 72.8 Å². The minimum atomic E-state index is -0.283. The molecule has 2 atom stereocenters. The number of hydrogen-bond acceptors (Lipinski definition) is 2. The Hall–Kier alpha value is -3.14. The van der Waals surface area contributed by atoms with E-state index < -0.39 is 0 Å². The number of hydrogen-bond donors (Lipinski definition) is 1. The molecule has 0 aliphatic carbocycles. The van der Waals surface area contributed by atoms with Gasteiger partial charge in [0, 0.05) is 24.5 Å². The van der Waals surface area contributed by atoms with Gasteiger partial charge in [-0.05, 0) is 23.4 Å². The molecule has 4 rings (SSSR count). The van der Waals surface area contributed by atoms with Gasteiger partial charge >= 0.3 is 0 Å². The van der Waals surface area contributed by atoms with Crippen LogP contribution in [0.25, 0.3) is 10.8 Å². The highest BCUT2D eigenvalue weighted by molar-refractivity contribution is 6.03. The Kier molecular flexibility index (Phi) is 4.63. The molecule has 0 radical (unpaired) electrons. The zero-order valence-electron chi connectivity index (χ0n) is 15.3. The van der Waals surface area contributed by atoms with Gasteiger partial charge in [-0.1, -0.05) is 66.7 Å². The molecule has 2 amide bonds. The van der Waals surface area contributed by atoms with Gasteiger partial charge in [-0.3, -0.25) is 9.59 Å². The molecule has 0 saturated carbocycles. The van der Waals surface area contributed by atoms with Crippen LogP contribution >= 0.6 is 0 Å². The number of piperidine rings is 1. The number of likely N-dealkylation sites (tertiary alicyclic amines) is 1. The first-order chi connectivity index (χ1) is 13.1. The van der Waals surface area contributed by atoms with Crippen LogP contribution in [0.2, 0.25) is 0 Å². The third-order valence-electron chi connectivity index (χ3n) is 5.39. The fourth-order valence-corrected chi connectivity index (χ4v) is 3.98. The number of rotatable bonds is 3. The molecule has 1 saturated heterocycles. The number of nitrogens with one attached hydrogen (secondary N) is 1. The molecule has 1 aliphatic rings. The van der Waals surface area contributed by atoms with Gasteiger partial charge in [0.25, 0.3) is 0 Å². The number of amides is 2. The number of benzene rings is 3. The maximum atomic E-state index is 13.2. The van der Waals surface area contributed by atoms with Crippen LogP contribution in [0.5, 0.6) is 0 Å². The summed E-state index contributed by atoms with van der Waals surface area (Å²) < 4.78 is 0. The van der Waals surface area contributed by atoms with Crippen LogP contribution in [0.1, 0.15) is 24.4 Å². The molecule has 4 nitrogen and oxygen atoms in total. The van der Waals surface area contributed by atoms with Crippen LogP contribution < -0.4 is 5.32 Å². The molecule has 3 aromatic carbocycles. The van der Waals surface area contributed by atoms with Gasteiger partial charge in [0.1, 0.15) is 0 Å². The summed E-state index contributed by atoms with van der Waals surface area (Å²) in [5, 5.41) is 5.22. The largest absolute Gasteiger partial charge is 0.338 e. The number of carbonyl (C=O) groups is 2. The predicted molar refractivity (Wildman–Crippen MR) is 107 cm³/mol. The Morgan fingerprint density at radius 2 is 1.67 bits per heavy atom. The Morgan fingerprint density at radius 3 is 2.48 bits per heavy atom. The van der Waals surface area contributed by atoms with E-state index in [2.05, 4.69) is 5.32 Å². The van der Waals surface area contributed by atoms with Gasteiger partial charge in [0.05, 0.1) is 12.0 Å². The van der Waals surface area contributed by atoms with Gasteiger partial charge in [0.15, 0.2) is 0 Å². The molecule has 3 aromatic rings. The van der Waals surface area contributed by atoms with Crippen molar-refractivity contribution < 1.29 is 9.59 Å². The van der Waals surface area contributed by atoms with E-state index >= 15 is 0 Å². The Morgan fingerprint density at radius 1 is 0.963 bits per heavy atom. The van der Waals surface area contributed by atoms with Crippen LogP contribution in [0.4, 0.5) is 5.69 Å². The van der Waals surface area contributed by atoms with Crippen LogP contribution in [0, 0.1) is 5.92 Å². The van der Waals surface area contributed by atoms with E-state index in [1.165, 1.54) is 0 Å². The average Bonchev–Trinajstić information content (AvgIpc) is 2.71. The topological polar surface area (TPSA) is 49.4 Å². The molecule has 136 valence electrons. The molecule has 1 heterocycles. The fraction of sp³-hybridized carbons (Fsp3) is 0.217. The molecule has 1 fully saturated rings. The van der Waals surface area contributed by atoms with Crippen molar-refractivity contribution in [2.45, 2.75) is 18.9 Å². The molecular formula is C23H22N2O2. The van der Waals surface area contributed by atoms with Crippen molar-refractivity contribution in [3.8, 4) is 0 Å². The van der Waals surface area contributed by atoms with Crippen molar-refractivity contribution in [1.82, 2.24) is 4.90 Å². The minimum Gasteiger partial charge on any atom is -0.338 e. The lowest BCUT2D eigenvalue weighted by Crippen LogP contribution is -2.44. The minimum absolute atomic E-state index is 0.0421. The van der Waals surface area contributed by atoms with Crippen molar-refractivity contribution in [2.24, 2.45) is 5.92 Å². The van der Waals surface area contributed by atoms with E-state index in [4.69, 9.17) is 0 Å². The predicted octanol–water partition coefficient (Wildman–Crippen LogP) is 4.39. The quantitative estimate of drug-likeness (QED) is 0.755. The molecule has 27 heavy (non-hydrogen) atoms. The number of anilines is 1. The smallest absolute Gasteiger partial charge is 0.229 e. The van der Waals surface area contributed by atoms with Crippen molar-refractivity contribution in [3.05, 3.63) is 78.4 Å². The first kappa shape index (κ1) is 17.3. The van der Waals surface area contributed by atoms with Crippen molar-refractivity contribution in [3.63, 3.8) is 0 Å². The number of carbonyl (C=O) groups excluding carboxylic acids is 2. The van der Waals surface area contributed by atoms with Crippen molar-refractivity contribution in [1.29, 1.82) is 0 Å². The molecule has 1 aliphatic heterocycles. The lowest BCUT2D eigenvalue weighted by molar-refractivity contribution is -0.140. The van der Waals surface area contributed by atoms with Gasteiger partial charge < -0.3 is 10.2 Å². The summed E-state index contributed by atoms with van der Waals surface area (Å²) in [6, 6.07) is 23.5. The maximum absolute atomic E-state index is 13.2. The molecule has 0 unspecified atom stereocenters. The Balaban J connectivity index is 1.66. The van der Waals surface area contributed by atoms with Gasteiger partial charge in [-0.2, -0.15) is 0 Å². The Bertz CT molecular complexity index is 979. The van der Waals surface area contributed by atoms with Gasteiger partial charge in [-0.25, -0.2) is 0 Å². The van der Waals surface area contributed by atoms with Gasteiger partial charge in [0.2, 0.25) is 11.8 Å². The summed E-state index contributed by atoms with van der Waals surface area (Å²) in [7, 11) is 1.79. The first-order valence-electron chi connectivity index (χ1n) is 9.24. The van der Waals surface area contributed by atoms with Crippen LogP contribution in [-0.4, -0.2) is 23.8 Å². The second kappa shape index (κ2) is 7.23. The zero-order valence-corrected chi connectivity index (χ0v) is 15.3. The summed E-state index contributed by atoms with van der Waals surface area (Å²) >= 11 is 0. The summed E-state index contributed by atoms with van der Waals surface area (Å²) in [5.41, 5.74) is 1.80. The van der Waals surface area contributed by atoms with E-state index in [9.17, 15) is 9.59 Å². The SMILES string of the molecule is CN1C(=O)CC[C@@H](C(=O)Nc2cccc3ccccc23)[C@@H]1c1ccccc1. The lowest BCUT2D eigenvalue weighted by atomic mass is 9.84. The third-order valence-corrected chi connectivity index (χ3v) is 5.39. The zero-order chi connectivity index (χ0) is 18.8. The van der Waals surface area contributed by atoms with Crippen LogP contribution in [-0.2, 0) is 9.59 Å². The average molecular weight is 358 g/mol. The van der Waals surface area contributed by atoms with Crippen LogP contribution in [0.3, 0.4) is 0 Å². The first-order valence-corrected chi connectivity index (χ1v) is 9.24. The van der Waals surface area contributed by atoms with Gasteiger partial charge in [-0.15, -0.1) is 0 Å². The number of nitrogens with zero attached hydrogens (tertiary/aromatic N) is 1. The Labute approximate surface area is 158 Å². The van der Waals surface area contributed by atoms with E-state index in [0.717, 1.165) is 22.0 Å². The fourth-order valence-electron chi connectivity index (χ4n) is 3.98. The summed E-state index contributed by atoms with van der Waals surface area (Å²) in [6.45, 7) is 0. The van der Waals surface area contributed by atoms with E-state index in [1.54, 1.807) is 11.9 Å². The van der Waals surface area contributed by atoms with Crippen molar-refractivity contribution in [2.75, 3.05) is 12.4 Å². The standard InChI is InChI=1S/C23H22N2O2/c1-25-21(26)15-14-19(22(25)17-9-3-2-4-10-17)23(27)24-20-13-7-11-16-8-5-6-12-18(16)20/h2-13,19,22H,14-15H2,1H3,(H,24,27)/t19-,22+/m1/s1. The third kappa shape index (κ3) is 3.31. The molecule has 1 N–H and O–H groups in total. The molecule has 0 spiro atoms. The summed E-state index contributed by atoms with van der Waals surface area (Å²) in [5.74, 6) is -0.244. The summed E-state index contributed by atoms with van der Waals surface area (Å²) in [4.78, 5) is 27.2. The lowest BCUT2D eigenvalue weighted by Gasteiger charge is -2.38. The highest BCUT2D eigenvalue weighted by Gasteiger charge is 2.38. The monoisotopic (exact) mass is 358 g/mol. The normalized spacial score (nSPS) is 19.9. The second-order valence-corrected chi connectivity index (χ2v) is 7.02. The second-order valence-electron chi connectivity index (χ2n) is 7.02. The number of fused-ring (bicyclic) bond motifs is 1. The maximum Gasteiger partial charge on any atom is 0.229 e. The van der Waals surface area contributed by atoms with E-state index in [-0.39, 0.29) is 23.8 Å². The van der Waals surface area contributed by atoms with E-state index in [0.29, 0.717) is 12.8 Å². The van der Waals surface area contributed by atoms with E-state index in [1.807, 2.05) is 72.8 Å².